The molecule has 1 aliphatic rings. The Balaban J connectivity index is 2.14. The molecule has 0 radical (unpaired) electrons. The number of thiocarbonyl (C=S) groups is 1. The van der Waals surface area contributed by atoms with Crippen LogP contribution in [0.25, 0.3) is 0 Å². The van der Waals surface area contributed by atoms with Gasteiger partial charge in [-0.3, -0.25) is 19.4 Å². The van der Waals surface area contributed by atoms with Crippen LogP contribution >= 0.6 is 12.2 Å². The lowest BCUT2D eigenvalue weighted by molar-refractivity contribution is -0.146. The van der Waals surface area contributed by atoms with Gasteiger partial charge < -0.3 is 5.32 Å². The van der Waals surface area contributed by atoms with Gasteiger partial charge in [0.05, 0.1) is 0 Å². The molecular formula is C15H19N3O2S. The molecule has 5 nitrogen and oxygen atoms in total. The Morgan fingerprint density at radius 1 is 1.05 bits per heavy atom. The first-order valence-corrected chi connectivity index (χ1v) is 7.46. The Hall–Kier alpha value is -1.95. The minimum atomic E-state index is -0.725. The number of nitrogens with zero attached hydrogens (tertiary/aromatic N) is 2. The Bertz CT molecular complexity index is 521. The van der Waals surface area contributed by atoms with Crippen LogP contribution in [0.5, 0.6) is 0 Å². The van der Waals surface area contributed by atoms with Crippen molar-refractivity contribution in [1.82, 2.24) is 9.80 Å². The molecule has 21 heavy (non-hydrogen) atoms. The molecule has 0 unspecified atom stereocenters. The molecule has 0 spiro atoms. The molecule has 6 heteroatoms. The molecule has 1 aromatic carbocycles. The molecule has 0 bridgehead atoms. The van der Waals surface area contributed by atoms with Gasteiger partial charge in [-0.15, -0.1) is 0 Å². The fraction of sp³-hybridized carbons (Fsp3) is 0.400. The van der Waals surface area contributed by atoms with Gasteiger partial charge in [0.1, 0.15) is 5.92 Å². The van der Waals surface area contributed by atoms with E-state index < -0.39 is 5.92 Å². The lowest BCUT2D eigenvalue weighted by atomic mass is 10.0. The molecule has 1 fully saturated rings. The van der Waals surface area contributed by atoms with Gasteiger partial charge in [0.15, 0.2) is 5.11 Å². The molecule has 112 valence electrons. The topological polar surface area (TPSA) is 52.7 Å². The van der Waals surface area contributed by atoms with E-state index in [4.69, 9.17) is 12.2 Å². The molecule has 0 aliphatic carbocycles. The van der Waals surface area contributed by atoms with Crippen LogP contribution in [0.4, 0.5) is 5.69 Å². The summed E-state index contributed by atoms with van der Waals surface area (Å²) in [6.07, 6.45) is 0. The second kappa shape index (κ2) is 6.67. The van der Waals surface area contributed by atoms with Gasteiger partial charge in [-0.05, 0) is 38.2 Å². The van der Waals surface area contributed by atoms with Crippen molar-refractivity contribution < 1.29 is 9.59 Å². The summed E-state index contributed by atoms with van der Waals surface area (Å²) >= 11 is 5.22. The van der Waals surface area contributed by atoms with Crippen LogP contribution in [0.1, 0.15) is 13.8 Å². The van der Waals surface area contributed by atoms with Crippen molar-refractivity contribution in [3.63, 3.8) is 0 Å². The summed E-state index contributed by atoms with van der Waals surface area (Å²) in [6, 6.07) is 9.52. The van der Waals surface area contributed by atoms with Crippen molar-refractivity contribution in [2.75, 3.05) is 25.0 Å². The molecule has 0 saturated carbocycles. The highest BCUT2D eigenvalue weighted by Gasteiger charge is 2.42. The summed E-state index contributed by atoms with van der Waals surface area (Å²) in [5.41, 5.74) is 0.886. The van der Waals surface area contributed by atoms with Gasteiger partial charge >= 0.3 is 0 Å². The highest BCUT2D eigenvalue weighted by atomic mass is 32.1. The maximum absolute atomic E-state index is 12.4. The average molecular weight is 305 g/mol. The highest BCUT2D eigenvalue weighted by Crippen LogP contribution is 2.19. The van der Waals surface area contributed by atoms with Crippen molar-refractivity contribution in [2.45, 2.75) is 13.8 Å². The average Bonchev–Trinajstić information content (AvgIpc) is 2.49. The smallest absolute Gasteiger partial charge is 0.243 e. The maximum atomic E-state index is 12.4. The fourth-order valence-electron chi connectivity index (χ4n) is 2.35. The van der Waals surface area contributed by atoms with Gasteiger partial charge in [-0.25, -0.2) is 0 Å². The SMILES string of the molecule is CCN1C(=O)C(CNc2ccccc2)C(=O)N(CC)C1=S. The lowest BCUT2D eigenvalue weighted by Gasteiger charge is -2.38. The number of carbonyl (C=O) groups is 2. The monoisotopic (exact) mass is 305 g/mol. The third-order valence-electron chi connectivity index (χ3n) is 3.51. The van der Waals surface area contributed by atoms with Gasteiger partial charge in [0.25, 0.3) is 0 Å². The van der Waals surface area contributed by atoms with Crippen LogP contribution in [-0.2, 0) is 9.59 Å². The third-order valence-corrected chi connectivity index (χ3v) is 3.95. The number of hydrogen-bond acceptors (Lipinski definition) is 4. The van der Waals surface area contributed by atoms with Crippen molar-refractivity contribution in [3.8, 4) is 0 Å². The summed E-state index contributed by atoms with van der Waals surface area (Å²) in [5, 5.41) is 3.45. The number of hydrogen-bond donors (Lipinski definition) is 1. The lowest BCUT2D eigenvalue weighted by Crippen LogP contribution is -2.60. The summed E-state index contributed by atoms with van der Waals surface area (Å²) in [7, 11) is 0. The Labute approximate surface area is 129 Å². The van der Waals surface area contributed by atoms with E-state index in [2.05, 4.69) is 5.32 Å². The molecule has 1 saturated heterocycles. The van der Waals surface area contributed by atoms with Crippen molar-refractivity contribution >= 4 is 34.8 Å². The molecule has 1 aliphatic heterocycles. The van der Waals surface area contributed by atoms with Crippen LogP contribution in [0, 0.1) is 5.92 Å². The molecule has 0 atom stereocenters. The zero-order chi connectivity index (χ0) is 15.4. The Morgan fingerprint density at radius 2 is 1.57 bits per heavy atom. The number of benzene rings is 1. The van der Waals surface area contributed by atoms with E-state index in [1.165, 1.54) is 9.80 Å². The first-order valence-electron chi connectivity index (χ1n) is 7.05. The van der Waals surface area contributed by atoms with Crippen molar-refractivity contribution in [2.24, 2.45) is 5.92 Å². The Morgan fingerprint density at radius 3 is 2.05 bits per heavy atom. The van der Waals surface area contributed by atoms with Crippen LogP contribution in [-0.4, -0.2) is 46.4 Å². The van der Waals surface area contributed by atoms with Crippen molar-refractivity contribution in [1.29, 1.82) is 0 Å². The van der Waals surface area contributed by atoms with E-state index in [9.17, 15) is 9.59 Å². The third kappa shape index (κ3) is 3.05. The van der Waals surface area contributed by atoms with E-state index >= 15 is 0 Å². The molecule has 1 N–H and O–H groups in total. The minimum absolute atomic E-state index is 0.222. The van der Waals surface area contributed by atoms with Crippen LogP contribution in [0.15, 0.2) is 30.3 Å². The van der Waals surface area contributed by atoms with Gasteiger partial charge in [0.2, 0.25) is 11.8 Å². The van der Waals surface area contributed by atoms with E-state index in [-0.39, 0.29) is 18.4 Å². The summed E-state index contributed by atoms with van der Waals surface area (Å²) in [6.45, 7) is 4.94. The van der Waals surface area contributed by atoms with E-state index in [1.807, 2.05) is 44.2 Å². The van der Waals surface area contributed by atoms with Crippen molar-refractivity contribution in [3.05, 3.63) is 30.3 Å². The Kier molecular flexibility index (Phi) is 4.90. The normalized spacial score (nSPS) is 16.6. The quantitative estimate of drug-likeness (QED) is 0.665. The molecule has 2 rings (SSSR count). The molecular weight excluding hydrogens is 286 g/mol. The van der Waals surface area contributed by atoms with Crippen LogP contribution < -0.4 is 5.32 Å². The number of rotatable bonds is 5. The first-order chi connectivity index (χ1) is 10.1. The summed E-state index contributed by atoms with van der Waals surface area (Å²) < 4.78 is 0. The van der Waals surface area contributed by atoms with E-state index in [0.29, 0.717) is 18.2 Å². The van der Waals surface area contributed by atoms with E-state index in [1.54, 1.807) is 0 Å². The largest absolute Gasteiger partial charge is 0.384 e. The number of carbonyl (C=O) groups excluding carboxylic acids is 2. The van der Waals surface area contributed by atoms with Gasteiger partial charge in [-0.1, -0.05) is 18.2 Å². The number of nitrogens with one attached hydrogen (secondary N) is 1. The van der Waals surface area contributed by atoms with Gasteiger partial charge in [-0.2, -0.15) is 0 Å². The zero-order valence-corrected chi connectivity index (χ0v) is 13.0. The maximum Gasteiger partial charge on any atom is 0.243 e. The first kappa shape index (κ1) is 15.4. The second-order valence-electron chi connectivity index (χ2n) is 4.75. The molecule has 1 heterocycles. The predicted octanol–water partition coefficient (Wildman–Crippen LogP) is 1.71. The van der Waals surface area contributed by atoms with Crippen LogP contribution in [0.2, 0.25) is 0 Å². The highest BCUT2D eigenvalue weighted by molar-refractivity contribution is 7.80. The van der Waals surface area contributed by atoms with Gasteiger partial charge in [0, 0.05) is 25.3 Å². The molecule has 2 amide bonds. The van der Waals surface area contributed by atoms with E-state index in [0.717, 1.165) is 5.69 Å². The fourth-order valence-corrected chi connectivity index (χ4v) is 2.79. The number of para-hydroxylation sites is 1. The predicted molar refractivity (Wildman–Crippen MR) is 85.8 cm³/mol. The summed E-state index contributed by atoms with van der Waals surface area (Å²) in [4.78, 5) is 27.8. The number of amides is 2. The van der Waals surface area contributed by atoms with Crippen LogP contribution in [0.3, 0.4) is 0 Å². The zero-order valence-electron chi connectivity index (χ0n) is 12.2. The standard InChI is InChI=1S/C15H19N3O2S/c1-3-17-13(19)12(14(20)18(4-2)15(17)21)10-16-11-8-6-5-7-9-11/h5-9,12,16H,3-4,10H2,1-2H3. The molecule has 1 aromatic rings. The summed E-state index contributed by atoms with van der Waals surface area (Å²) in [5.74, 6) is -1.17. The number of anilines is 1. The second-order valence-corrected chi connectivity index (χ2v) is 5.11. The molecule has 0 aromatic heterocycles. The minimum Gasteiger partial charge on any atom is -0.384 e.